The van der Waals surface area contributed by atoms with Crippen molar-refractivity contribution >= 4 is 0 Å². The van der Waals surface area contributed by atoms with Crippen molar-refractivity contribution in [2.45, 2.75) is 18.7 Å². The Bertz CT molecular complexity index is 330. The Morgan fingerprint density at radius 3 is 2.07 bits per heavy atom. The molecule has 1 atom stereocenters. The van der Waals surface area contributed by atoms with Gasteiger partial charge in [-0.05, 0) is 12.1 Å². The predicted molar refractivity (Wildman–Crippen MR) is 42.0 cm³/mol. The van der Waals surface area contributed by atoms with Crippen molar-refractivity contribution in [3.05, 3.63) is 35.6 Å². The molecule has 0 aliphatic carbocycles. The number of aliphatic hydroxyl groups is 1. The van der Waals surface area contributed by atoms with Crippen LogP contribution in [0.25, 0.3) is 0 Å². The molecular formula is C9H8F4O. The Kier molecular flexibility index (Phi) is 2.54. The standard InChI is InChI=1S/C9H8F4O/c1-8(11,14)9(12,13)6-4-2-3-5-7(6)10/h2-5,14H,1H3. The van der Waals surface area contributed by atoms with Crippen LogP contribution in [0.15, 0.2) is 24.3 Å². The minimum atomic E-state index is -4.27. The molecule has 1 unspecified atom stereocenters. The molecule has 0 heterocycles. The molecular weight excluding hydrogens is 200 g/mol. The van der Waals surface area contributed by atoms with Gasteiger partial charge in [-0.3, -0.25) is 0 Å². The normalized spacial score (nSPS) is 16.4. The molecule has 0 amide bonds. The van der Waals surface area contributed by atoms with Gasteiger partial charge in [-0.25, -0.2) is 8.78 Å². The first-order valence-corrected chi connectivity index (χ1v) is 3.81. The summed E-state index contributed by atoms with van der Waals surface area (Å²) in [5.74, 6) is -9.30. The molecule has 0 radical (unpaired) electrons. The minimum Gasteiger partial charge on any atom is -0.357 e. The zero-order chi connectivity index (χ0) is 11.0. The van der Waals surface area contributed by atoms with E-state index in [2.05, 4.69) is 0 Å². The highest BCUT2D eigenvalue weighted by Crippen LogP contribution is 2.40. The second-order valence-corrected chi connectivity index (χ2v) is 3.01. The monoisotopic (exact) mass is 208 g/mol. The van der Waals surface area contributed by atoms with E-state index in [4.69, 9.17) is 5.11 Å². The van der Waals surface area contributed by atoms with Gasteiger partial charge >= 0.3 is 5.92 Å². The van der Waals surface area contributed by atoms with Crippen molar-refractivity contribution in [1.29, 1.82) is 0 Å². The van der Waals surface area contributed by atoms with E-state index in [-0.39, 0.29) is 6.92 Å². The van der Waals surface area contributed by atoms with Crippen LogP contribution in [0.3, 0.4) is 0 Å². The highest BCUT2D eigenvalue weighted by molar-refractivity contribution is 5.24. The Morgan fingerprint density at radius 2 is 1.64 bits per heavy atom. The number of halogens is 4. The molecule has 1 nitrogen and oxygen atoms in total. The summed E-state index contributed by atoms with van der Waals surface area (Å²) in [6.07, 6.45) is 0. The molecule has 0 aliphatic heterocycles. The van der Waals surface area contributed by atoms with Crippen molar-refractivity contribution in [1.82, 2.24) is 0 Å². The Balaban J connectivity index is 3.23. The quantitative estimate of drug-likeness (QED) is 0.740. The minimum absolute atomic E-state index is 0.277. The Morgan fingerprint density at radius 1 is 1.14 bits per heavy atom. The average molecular weight is 208 g/mol. The third kappa shape index (κ3) is 1.72. The van der Waals surface area contributed by atoms with Crippen LogP contribution in [0.1, 0.15) is 12.5 Å². The third-order valence-electron chi connectivity index (χ3n) is 1.79. The second kappa shape index (κ2) is 3.24. The van der Waals surface area contributed by atoms with Crippen LogP contribution in [-0.4, -0.2) is 11.0 Å². The van der Waals surface area contributed by atoms with E-state index in [0.717, 1.165) is 18.2 Å². The SMILES string of the molecule is CC(O)(F)C(F)(F)c1ccccc1F. The van der Waals surface area contributed by atoms with Gasteiger partial charge < -0.3 is 5.11 Å². The zero-order valence-electron chi connectivity index (χ0n) is 7.27. The topological polar surface area (TPSA) is 20.2 Å². The van der Waals surface area contributed by atoms with E-state index in [1.807, 2.05) is 0 Å². The molecule has 78 valence electrons. The van der Waals surface area contributed by atoms with E-state index in [0.29, 0.717) is 0 Å². The lowest BCUT2D eigenvalue weighted by Crippen LogP contribution is -2.39. The third-order valence-corrected chi connectivity index (χ3v) is 1.79. The fourth-order valence-corrected chi connectivity index (χ4v) is 0.962. The molecule has 0 fully saturated rings. The van der Waals surface area contributed by atoms with Crippen molar-refractivity contribution in [3.8, 4) is 0 Å². The molecule has 0 aromatic heterocycles. The first-order chi connectivity index (χ1) is 6.27. The van der Waals surface area contributed by atoms with Crippen molar-refractivity contribution in [3.63, 3.8) is 0 Å². The fraction of sp³-hybridized carbons (Fsp3) is 0.333. The summed E-state index contributed by atoms with van der Waals surface area (Å²) in [5, 5.41) is 8.54. The first kappa shape index (κ1) is 11.0. The molecule has 1 aromatic carbocycles. The molecule has 0 aliphatic rings. The molecule has 0 bridgehead atoms. The molecule has 0 saturated carbocycles. The van der Waals surface area contributed by atoms with E-state index >= 15 is 0 Å². The second-order valence-electron chi connectivity index (χ2n) is 3.01. The van der Waals surface area contributed by atoms with Gasteiger partial charge in [-0.1, -0.05) is 12.1 Å². The fourth-order valence-electron chi connectivity index (χ4n) is 0.962. The van der Waals surface area contributed by atoms with Gasteiger partial charge in [-0.15, -0.1) is 0 Å². The van der Waals surface area contributed by atoms with Crippen LogP contribution in [0.2, 0.25) is 0 Å². The van der Waals surface area contributed by atoms with Crippen LogP contribution in [-0.2, 0) is 5.92 Å². The van der Waals surface area contributed by atoms with Crippen LogP contribution < -0.4 is 0 Å². The van der Waals surface area contributed by atoms with Gasteiger partial charge in [0.05, 0.1) is 5.56 Å². The smallest absolute Gasteiger partial charge is 0.333 e. The highest BCUT2D eigenvalue weighted by atomic mass is 19.3. The molecule has 1 aromatic rings. The largest absolute Gasteiger partial charge is 0.357 e. The Labute approximate surface area is 78.0 Å². The zero-order valence-corrected chi connectivity index (χ0v) is 7.27. The lowest BCUT2D eigenvalue weighted by atomic mass is 10.0. The summed E-state index contributed by atoms with van der Waals surface area (Å²) in [6.45, 7) is 0.277. The highest BCUT2D eigenvalue weighted by Gasteiger charge is 2.52. The van der Waals surface area contributed by atoms with Gasteiger partial charge in [0, 0.05) is 6.92 Å². The van der Waals surface area contributed by atoms with Gasteiger partial charge in [0.15, 0.2) is 0 Å². The van der Waals surface area contributed by atoms with E-state index < -0.39 is 23.2 Å². The number of rotatable bonds is 2. The number of hydrogen-bond donors (Lipinski definition) is 1. The van der Waals surface area contributed by atoms with Gasteiger partial charge in [0.25, 0.3) is 5.85 Å². The maximum Gasteiger partial charge on any atom is 0.333 e. The summed E-state index contributed by atoms with van der Waals surface area (Å²) >= 11 is 0. The van der Waals surface area contributed by atoms with Gasteiger partial charge in [0.1, 0.15) is 5.82 Å². The molecule has 5 heteroatoms. The molecule has 0 spiro atoms. The number of hydrogen-bond acceptors (Lipinski definition) is 1. The molecule has 0 saturated heterocycles. The molecule has 1 N–H and O–H groups in total. The molecule has 14 heavy (non-hydrogen) atoms. The molecule has 1 rings (SSSR count). The lowest BCUT2D eigenvalue weighted by molar-refractivity contribution is -0.249. The number of benzene rings is 1. The summed E-state index contributed by atoms with van der Waals surface area (Å²) in [5.41, 5.74) is -1.16. The van der Waals surface area contributed by atoms with Crippen molar-refractivity contribution in [2.24, 2.45) is 0 Å². The summed E-state index contributed by atoms with van der Waals surface area (Å²) in [6, 6.07) is 3.83. The maximum absolute atomic E-state index is 13.1. The Hall–Kier alpha value is -1.10. The van der Waals surface area contributed by atoms with Gasteiger partial charge in [-0.2, -0.15) is 8.78 Å². The first-order valence-electron chi connectivity index (χ1n) is 3.81. The van der Waals surface area contributed by atoms with Crippen LogP contribution in [0, 0.1) is 5.82 Å². The lowest BCUT2D eigenvalue weighted by Gasteiger charge is -2.25. The van der Waals surface area contributed by atoms with E-state index in [1.165, 1.54) is 6.07 Å². The van der Waals surface area contributed by atoms with Crippen LogP contribution >= 0.6 is 0 Å². The number of alkyl halides is 3. The predicted octanol–water partition coefficient (Wildman–Crippen LogP) is 2.60. The van der Waals surface area contributed by atoms with Crippen molar-refractivity contribution < 1.29 is 22.7 Å². The summed E-state index contributed by atoms with van der Waals surface area (Å²) in [4.78, 5) is 0. The van der Waals surface area contributed by atoms with Crippen LogP contribution in [0.4, 0.5) is 17.6 Å². The summed E-state index contributed by atoms with van der Waals surface area (Å²) in [7, 11) is 0. The van der Waals surface area contributed by atoms with E-state index in [1.54, 1.807) is 0 Å². The maximum atomic E-state index is 13.1. The van der Waals surface area contributed by atoms with Crippen molar-refractivity contribution in [2.75, 3.05) is 0 Å². The van der Waals surface area contributed by atoms with Crippen LogP contribution in [0.5, 0.6) is 0 Å². The van der Waals surface area contributed by atoms with Gasteiger partial charge in [0.2, 0.25) is 0 Å². The summed E-state index contributed by atoms with van der Waals surface area (Å²) < 4.78 is 51.6. The average Bonchev–Trinajstić information content (AvgIpc) is 2.02. The van der Waals surface area contributed by atoms with E-state index in [9.17, 15) is 17.6 Å².